The maximum atomic E-state index is 15.5. The summed E-state index contributed by atoms with van der Waals surface area (Å²) in [5.74, 6) is -0.724. The van der Waals surface area contributed by atoms with Crippen LogP contribution in [0.1, 0.15) is 50.3 Å². The van der Waals surface area contributed by atoms with Gasteiger partial charge in [0.05, 0.1) is 12.6 Å². The number of ether oxygens (including phenoxy) is 1. The summed E-state index contributed by atoms with van der Waals surface area (Å²) in [5.41, 5.74) is 1.33. The van der Waals surface area contributed by atoms with Crippen LogP contribution >= 0.6 is 11.8 Å². The van der Waals surface area contributed by atoms with Crippen molar-refractivity contribution in [2.75, 3.05) is 32.5 Å². The number of aliphatic carboxylic acids is 1. The van der Waals surface area contributed by atoms with Gasteiger partial charge in [0.2, 0.25) is 0 Å². The lowest BCUT2D eigenvalue weighted by Crippen LogP contribution is -2.41. The van der Waals surface area contributed by atoms with E-state index in [1.807, 2.05) is 18.2 Å². The number of thioether (sulfide) groups is 1. The van der Waals surface area contributed by atoms with E-state index in [4.69, 9.17) is 4.74 Å². The lowest BCUT2D eigenvalue weighted by atomic mass is 9.79. The van der Waals surface area contributed by atoms with Gasteiger partial charge in [0, 0.05) is 29.4 Å². The molecule has 3 aromatic rings. The van der Waals surface area contributed by atoms with Gasteiger partial charge >= 0.3 is 5.97 Å². The van der Waals surface area contributed by atoms with Crippen LogP contribution in [0.2, 0.25) is 0 Å². The highest BCUT2D eigenvalue weighted by Gasteiger charge is 2.30. The summed E-state index contributed by atoms with van der Waals surface area (Å²) in [4.78, 5) is 18.3. The van der Waals surface area contributed by atoms with Gasteiger partial charge in [-0.05, 0) is 105 Å². The van der Waals surface area contributed by atoms with Crippen LogP contribution in [0.25, 0.3) is 10.9 Å². The summed E-state index contributed by atoms with van der Waals surface area (Å²) in [5, 5.41) is 10.0. The maximum absolute atomic E-state index is 15.5. The summed E-state index contributed by atoms with van der Waals surface area (Å²) in [7, 11) is 1.58. The number of halogens is 3. The smallest absolute Gasteiger partial charge is 0.303 e. The van der Waals surface area contributed by atoms with Gasteiger partial charge in [0.1, 0.15) is 11.9 Å². The Labute approximate surface area is 231 Å². The predicted octanol–water partition coefficient (Wildman–Crippen LogP) is 7.30. The van der Waals surface area contributed by atoms with Crippen molar-refractivity contribution in [3.05, 3.63) is 65.9 Å². The summed E-state index contributed by atoms with van der Waals surface area (Å²) in [6.45, 7) is 2.43. The number of alkyl halides is 1. The number of hydrogen-bond donors (Lipinski definition) is 1. The number of rotatable bonds is 13. The van der Waals surface area contributed by atoms with Gasteiger partial charge in [-0.1, -0.05) is 6.07 Å². The van der Waals surface area contributed by atoms with E-state index in [1.165, 1.54) is 17.8 Å². The quantitative estimate of drug-likeness (QED) is 0.175. The monoisotopic (exact) mass is 560 g/mol. The van der Waals surface area contributed by atoms with Gasteiger partial charge in [0.25, 0.3) is 0 Å². The highest BCUT2D eigenvalue weighted by molar-refractivity contribution is 7.99. The summed E-state index contributed by atoms with van der Waals surface area (Å²) in [6, 6.07) is 11.4. The second kappa shape index (κ2) is 14.0. The number of carboxylic acids is 1. The molecular formula is C30H35F3N2O3S. The molecule has 210 valence electrons. The minimum absolute atomic E-state index is 0.0948. The van der Waals surface area contributed by atoms with Crippen molar-refractivity contribution in [1.82, 2.24) is 9.88 Å². The molecule has 0 aliphatic carbocycles. The molecule has 9 heteroatoms. The van der Waals surface area contributed by atoms with E-state index in [0.717, 1.165) is 49.4 Å². The highest BCUT2D eigenvalue weighted by atomic mass is 32.2. The molecule has 1 aromatic heterocycles. The molecule has 4 rings (SSSR count). The number of nitrogens with zero attached hydrogens (tertiary/aromatic N) is 2. The number of hydrogen-bond acceptors (Lipinski definition) is 5. The van der Waals surface area contributed by atoms with Crippen molar-refractivity contribution in [3.8, 4) is 5.75 Å². The number of benzene rings is 2. The normalized spacial score (nSPS) is 18.8. The third-order valence-corrected chi connectivity index (χ3v) is 8.73. The molecule has 2 aromatic carbocycles. The van der Waals surface area contributed by atoms with E-state index in [-0.39, 0.29) is 18.3 Å². The average molecular weight is 561 g/mol. The van der Waals surface area contributed by atoms with Crippen LogP contribution in [-0.4, -0.2) is 53.5 Å². The second-order valence-electron chi connectivity index (χ2n) is 10.1. The van der Waals surface area contributed by atoms with Gasteiger partial charge < -0.3 is 14.7 Å². The third-order valence-electron chi connectivity index (χ3n) is 7.61. The van der Waals surface area contributed by atoms with Crippen LogP contribution < -0.4 is 4.74 Å². The Morgan fingerprint density at radius 1 is 1.21 bits per heavy atom. The Morgan fingerprint density at radius 2 is 2.05 bits per heavy atom. The predicted molar refractivity (Wildman–Crippen MR) is 148 cm³/mol. The Morgan fingerprint density at radius 3 is 2.85 bits per heavy atom. The van der Waals surface area contributed by atoms with Crippen molar-refractivity contribution >= 4 is 28.6 Å². The lowest BCUT2D eigenvalue weighted by Gasteiger charge is -2.39. The number of fused-ring (bicyclic) bond motifs is 1. The van der Waals surface area contributed by atoms with Crippen LogP contribution in [-0.2, 0) is 4.79 Å². The first-order valence-corrected chi connectivity index (χ1v) is 14.4. The first-order chi connectivity index (χ1) is 18.9. The van der Waals surface area contributed by atoms with Crippen LogP contribution in [0.5, 0.6) is 5.75 Å². The van der Waals surface area contributed by atoms with E-state index in [0.29, 0.717) is 41.2 Å². The second-order valence-corrected chi connectivity index (χ2v) is 11.3. The van der Waals surface area contributed by atoms with Crippen LogP contribution in [0.15, 0.2) is 53.6 Å². The fourth-order valence-electron chi connectivity index (χ4n) is 5.50. The molecule has 5 nitrogen and oxygen atoms in total. The Hall–Kier alpha value is -2.78. The van der Waals surface area contributed by atoms with E-state index >= 15 is 4.39 Å². The van der Waals surface area contributed by atoms with Crippen molar-refractivity contribution in [1.29, 1.82) is 0 Å². The molecule has 3 atom stereocenters. The maximum Gasteiger partial charge on any atom is 0.303 e. The molecule has 0 spiro atoms. The minimum atomic E-state index is -1.15. The first-order valence-electron chi connectivity index (χ1n) is 13.4. The van der Waals surface area contributed by atoms with Gasteiger partial charge in [-0.25, -0.2) is 13.2 Å². The molecule has 0 radical (unpaired) electrons. The van der Waals surface area contributed by atoms with Gasteiger partial charge in [-0.2, -0.15) is 0 Å². The number of aromatic nitrogens is 1. The molecule has 1 aliphatic heterocycles. The van der Waals surface area contributed by atoms with Crippen LogP contribution in [0, 0.1) is 23.5 Å². The van der Waals surface area contributed by atoms with Crippen molar-refractivity contribution in [2.24, 2.45) is 11.8 Å². The number of likely N-dealkylation sites (tertiary alicyclic amines) is 1. The van der Waals surface area contributed by atoms with E-state index in [1.54, 1.807) is 25.4 Å². The molecule has 0 saturated carbocycles. The van der Waals surface area contributed by atoms with Gasteiger partial charge in [0.15, 0.2) is 11.6 Å². The Bertz CT molecular complexity index is 1260. The zero-order valence-electron chi connectivity index (χ0n) is 22.1. The topological polar surface area (TPSA) is 62.7 Å². The zero-order valence-corrected chi connectivity index (χ0v) is 22.9. The van der Waals surface area contributed by atoms with Crippen molar-refractivity contribution in [2.45, 2.75) is 49.6 Å². The largest absolute Gasteiger partial charge is 0.497 e. The summed E-state index contributed by atoms with van der Waals surface area (Å²) >= 11 is 1.30. The third kappa shape index (κ3) is 7.88. The molecular weight excluding hydrogens is 525 g/mol. The van der Waals surface area contributed by atoms with Crippen LogP contribution in [0.3, 0.4) is 0 Å². The van der Waals surface area contributed by atoms with E-state index in [9.17, 15) is 18.7 Å². The number of pyridine rings is 1. The fraction of sp³-hybridized carbons (Fsp3) is 0.467. The molecule has 1 aliphatic rings. The molecule has 1 N–H and O–H groups in total. The number of carboxylic acid groups (broad SMARTS) is 1. The number of piperidine rings is 1. The fourth-order valence-corrected chi connectivity index (χ4v) is 6.40. The van der Waals surface area contributed by atoms with Gasteiger partial charge in [-0.15, -0.1) is 11.8 Å². The highest BCUT2D eigenvalue weighted by Crippen LogP contribution is 2.37. The summed E-state index contributed by atoms with van der Waals surface area (Å²) in [6.07, 6.45) is 3.87. The van der Waals surface area contributed by atoms with E-state index in [2.05, 4.69) is 9.88 Å². The first kappa shape index (κ1) is 29.2. The Balaban J connectivity index is 1.32. The average Bonchev–Trinajstić information content (AvgIpc) is 2.94. The Kier molecular flexibility index (Phi) is 10.5. The molecule has 2 heterocycles. The number of methoxy groups -OCH3 is 1. The molecule has 0 amide bonds. The van der Waals surface area contributed by atoms with Gasteiger partial charge in [-0.3, -0.25) is 9.78 Å². The molecule has 1 fully saturated rings. The summed E-state index contributed by atoms with van der Waals surface area (Å²) < 4.78 is 48.2. The lowest BCUT2D eigenvalue weighted by molar-refractivity contribution is -0.137. The SMILES string of the molecule is COc1ccc2nccc([C@H](F)CC[C@@H]3CCN(CCCSc4cccc(F)c4F)C[C@H]3CCC(=O)O)c2c1. The zero-order chi connectivity index (χ0) is 27.8. The standard InChI is InChI=1S/C30H35F3N2O3S/c1-38-22-8-10-27-24(18-22)23(12-14-34-27)25(31)9-6-20-13-16-35(19-21(20)7-11-29(36)37)15-3-17-39-28-5-2-4-26(32)30(28)33/h2,4-5,8,10,12,14,18,20-21,25H,3,6-7,9,11,13,15-17,19H2,1H3,(H,36,37)/t20-,21-,25-/m1/s1. The van der Waals surface area contributed by atoms with E-state index < -0.39 is 23.8 Å². The number of carbonyl (C=O) groups is 1. The molecule has 1 saturated heterocycles. The molecule has 39 heavy (non-hydrogen) atoms. The molecule has 0 unspecified atom stereocenters. The van der Waals surface area contributed by atoms with Crippen molar-refractivity contribution < 1.29 is 27.8 Å². The molecule has 0 bridgehead atoms. The van der Waals surface area contributed by atoms with Crippen LogP contribution in [0.4, 0.5) is 13.2 Å². The van der Waals surface area contributed by atoms with Crippen molar-refractivity contribution in [3.63, 3.8) is 0 Å². The minimum Gasteiger partial charge on any atom is -0.497 e.